The molecule has 0 N–H and O–H groups in total. The van der Waals surface area contributed by atoms with Gasteiger partial charge in [0.1, 0.15) is 17.7 Å². The van der Waals surface area contributed by atoms with E-state index in [9.17, 15) is 9.18 Å². The lowest BCUT2D eigenvalue weighted by Crippen LogP contribution is -2.51. The zero-order chi connectivity index (χ0) is 21.9. The number of carbonyl (C=O) groups is 1. The van der Waals surface area contributed by atoms with E-state index in [-0.39, 0.29) is 23.9 Å². The summed E-state index contributed by atoms with van der Waals surface area (Å²) in [5.41, 5.74) is 0. The largest absolute Gasteiger partial charge is 0.489 e. The average Bonchev–Trinajstić information content (AvgIpc) is 3.03. The first-order chi connectivity index (χ1) is 15.7. The average molecular weight is 446 g/mol. The molecule has 1 amide bonds. The van der Waals surface area contributed by atoms with Gasteiger partial charge in [-0.2, -0.15) is 0 Å². The van der Waals surface area contributed by atoms with E-state index in [4.69, 9.17) is 9.47 Å². The minimum Gasteiger partial charge on any atom is -0.489 e. The molecule has 32 heavy (non-hydrogen) atoms. The highest BCUT2D eigenvalue weighted by molar-refractivity contribution is 5.82. The van der Waals surface area contributed by atoms with E-state index in [2.05, 4.69) is 14.7 Å². The van der Waals surface area contributed by atoms with Gasteiger partial charge in [-0.3, -0.25) is 14.6 Å². The number of amides is 1. The molecule has 2 atom stereocenters. The summed E-state index contributed by atoms with van der Waals surface area (Å²) in [5.74, 6) is 0.494. The van der Waals surface area contributed by atoms with Crippen LogP contribution in [0.2, 0.25) is 0 Å². The lowest BCUT2D eigenvalue weighted by atomic mass is 9.91. The third-order valence-corrected chi connectivity index (χ3v) is 7.78. The number of nitrogens with zero attached hydrogens (tertiary/aromatic N) is 3. The molecule has 3 aliphatic heterocycles. The zero-order valence-electron chi connectivity index (χ0n) is 19.0. The van der Waals surface area contributed by atoms with Gasteiger partial charge in [-0.1, -0.05) is 12.5 Å². The number of halogens is 1. The molecule has 0 bridgehead atoms. The Balaban J connectivity index is 1.27. The SMILES string of the molecule is O=C(C1CC(Oc2cccc(F)c2)CN1C1CCOCC1)N1CCCN(C2CCC2)CC1. The van der Waals surface area contributed by atoms with Gasteiger partial charge >= 0.3 is 0 Å². The summed E-state index contributed by atoms with van der Waals surface area (Å²) in [6, 6.07) is 7.24. The number of hydrogen-bond acceptors (Lipinski definition) is 5. The predicted molar refractivity (Wildman–Crippen MR) is 120 cm³/mol. The van der Waals surface area contributed by atoms with E-state index in [1.165, 1.54) is 31.4 Å². The normalized spacial score (nSPS) is 29.0. The molecule has 0 aromatic heterocycles. The van der Waals surface area contributed by atoms with Crippen molar-refractivity contribution in [3.63, 3.8) is 0 Å². The Kier molecular flexibility index (Phi) is 6.95. The third kappa shape index (κ3) is 4.95. The summed E-state index contributed by atoms with van der Waals surface area (Å²) in [4.78, 5) is 20.8. The minimum absolute atomic E-state index is 0.105. The molecule has 4 aliphatic rings. The molecular weight excluding hydrogens is 409 g/mol. The number of likely N-dealkylation sites (tertiary alicyclic amines) is 1. The number of ether oxygens (including phenoxy) is 2. The molecule has 3 heterocycles. The van der Waals surface area contributed by atoms with E-state index >= 15 is 0 Å². The van der Waals surface area contributed by atoms with Crippen molar-refractivity contribution in [3.8, 4) is 5.75 Å². The monoisotopic (exact) mass is 445 g/mol. The highest BCUT2D eigenvalue weighted by atomic mass is 19.1. The van der Waals surface area contributed by atoms with Crippen LogP contribution >= 0.6 is 0 Å². The van der Waals surface area contributed by atoms with Crippen LogP contribution in [0.15, 0.2) is 24.3 Å². The number of hydrogen-bond donors (Lipinski definition) is 0. The van der Waals surface area contributed by atoms with Crippen LogP contribution in [0, 0.1) is 5.82 Å². The van der Waals surface area contributed by atoms with Crippen LogP contribution in [0.3, 0.4) is 0 Å². The first-order valence-electron chi connectivity index (χ1n) is 12.5. The van der Waals surface area contributed by atoms with Crippen molar-refractivity contribution in [3.05, 3.63) is 30.1 Å². The fraction of sp³-hybridized carbons (Fsp3) is 0.720. The predicted octanol–water partition coefficient (Wildman–Crippen LogP) is 2.91. The summed E-state index contributed by atoms with van der Waals surface area (Å²) < 4.78 is 25.4. The van der Waals surface area contributed by atoms with Crippen LogP contribution in [0.25, 0.3) is 0 Å². The fourth-order valence-corrected chi connectivity index (χ4v) is 5.79. The van der Waals surface area contributed by atoms with Gasteiger partial charge in [-0.05, 0) is 44.2 Å². The molecule has 3 saturated heterocycles. The van der Waals surface area contributed by atoms with Crippen LogP contribution in [0.1, 0.15) is 44.9 Å². The highest BCUT2D eigenvalue weighted by Gasteiger charge is 2.43. The Morgan fingerprint density at radius 1 is 1.00 bits per heavy atom. The van der Waals surface area contributed by atoms with Gasteiger partial charge in [0.05, 0.1) is 6.04 Å². The first kappa shape index (κ1) is 22.1. The molecule has 2 unspecified atom stereocenters. The van der Waals surface area contributed by atoms with E-state index < -0.39 is 0 Å². The van der Waals surface area contributed by atoms with Crippen LogP contribution < -0.4 is 4.74 Å². The van der Waals surface area contributed by atoms with Gasteiger partial charge < -0.3 is 14.4 Å². The Labute approximate surface area is 190 Å². The van der Waals surface area contributed by atoms with E-state index in [1.807, 2.05) is 0 Å². The molecule has 176 valence electrons. The summed E-state index contributed by atoms with van der Waals surface area (Å²) >= 11 is 0. The third-order valence-electron chi connectivity index (χ3n) is 7.78. The Morgan fingerprint density at radius 3 is 2.59 bits per heavy atom. The van der Waals surface area contributed by atoms with Crippen molar-refractivity contribution in [2.75, 3.05) is 45.9 Å². The lowest BCUT2D eigenvalue weighted by molar-refractivity contribution is -0.137. The second kappa shape index (κ2) is 10.1. The topological polar surface area (TPSA) is 45.2 Å². The molecule has 7 heteroatoms. The molecule has 4 fully saturated rings. The maximum absolute atomic E-state index is 13.7. The summed E-state index contributed by atoms with van der Waals surface area (Å²) in [6.45, 7) is 5.96. The summed E-state index contributed by atoms with van der Waals surface area (Å²) in [5, 5.41) is 0. The van der Waals surface area contributed by atoms with Crippen molar-refractivity contribution in [1.29, 1.82) is 0 Å². The molecule has 6 nitrogen and oxygen atoms in total. The Hall–Kier alpha value is -1.70. The minimum atomic E-state index is -0.296. The smallest absolute Gasteiger partial charge is 0.240 e. The number of rotatable bonds is 5. The van der Waals surface area contributed by atoms with Crippen molar-refractivity contribution >= 4 is 5.91 Å². The second-order valence-electron chi connectivity index (χ2n) is 9.79. The van der Waals surface area contributed by atoms with Gasteiger partial charge in [0.2, 0.25) is 5.91 Å². The molecule has 0 radical (unpaired) electrons. The number of carbonyl (C=O) groups excluding carboxylic acids is 1. The van der Waals surface area contributed by atoms with Crippen molar-refractivity contribution in [1.82, 2.24) is 14.7 Å². The van der Waals surface area contributed by atoms with Crippen LogP contribution in [0.5, 0.6) is 5.75 Å². The standard InChI is InChI=1S/C25H36FN3O3/c26-19-4-1-7-22(16-19)32-23-17-24(29(18-23)21-8-14-31-15-9-21)25(30)28-11-3-10-27(12-13-28)20-5-2-6-20/h1,4,7,16,20-21,23-24H,2-3,5-6,8-15,17-18H2. The Bertz CT molecular complexity index is 783. The zero-order valence-corrected chi connectivity index (χ0v) is 19.0. The maximum Gasteiger partial charge on any atom is 0.240 e. The molecule has 1 aliphatic carbocycles. The fourth-order valence-electron chi connectivity index (χ4n) is 5.79. The van der Waals surface area contributed by atoms with Gasteiger partial charge in [0, 0.05) is 70.5 Å². The van der Waals surface area contributed by atoms with Crippen LogP contribution in [-0.2, 0) is 9.53 Å². The van der Waals surface area contributed by atoms with E-state index in [0.717, 1.165) is 64.7 Å². The van der Waals surface area contributed by atoms with Crippen LogP contribution in [0.4, 0.5) is 4.39 Å². The molecule has 1 aromatic carbocycles. The molecule has 0 spiro atoms. The van der Waals surface area contributed by atoms with Gasteiger partial charge in [0.15, 0.2) is 0 Å². The van der Waals surface area contributed by atoms with E-state index in [1.54, 1.807) is 12.1 Å². The van der Waals surface area contributed by atoms with Gasteiger partial charge in [-0.25, -0.2) is 4.39 Å². The molecule has 1 aromatic rings. The first-order valence-corrected chi connectivity index (χ1v) is 12.5. The Morgan fingerprint density at radius 2 is 1.84 bits per heavy atom. The summed E-state index contributed by atoms with van der Waals surface area (Å²) in [7, 11) is 0. The molecule has 5 rings (SSSR count). The van der Waals surface area contributed by atoms with Crippen LogP contribution in [-0.4, -0.2) is 90.8 Å². The maximum atomic E-state index is 13.7. The number of benzene rings is 1. The van der Waals surface area contributed by atoms with Gasteiger partial charge in [0.25, 0.3) is 0 Å². The molecular formula is C25H36FN3O3. The van der Waals surface area contributed by atoms with Crippen molar-refractivity contribution in [2.45, 2.75) is 69.2 Å². The molecule has 1 saturated carbocycles. The van der Waals surface area contributed by atoms with Crippen molar-refractivity contribution in [2.24, 2.45) is 0 Å². The lowest BCUT2D eigenvalue weighted by Gasteiger charge is -2.37. The summed E-state index contributed by atoms with van der Waals surface area (Å²) in [6.07, 6.45) is 7.48. The second-order valence-corrected chi connectivity index (χ2v) is 9.79. The van der Waals surface area contributed by atoms with Gasteiger partial charge in [-0.15, -0.1) is 0 Å². The van der Waals surface area contributed by atoms with E-state index in [0.29, 0.717) is 24.8 Å². The van der Waals surface area contributed by atoms with Crippen molar-refractivity contribution < 1.29 is 18.7 Å². The quantitative estimate of drug-likeness (QED) is 0.698. The highest BCUT2D eigenvalue weighted by Crippen LogP contribution is 2.31.